The molecule has 14 aromatic rings. The molecule has 0 fully saturated rings. The van der Waals surface area contributed by atoms with Crippen LogP contribution < -0.4 is 9.05 Å². The molecular weight excluding hydrogens is 1200 g/mol. The molecule has 12 aromatic carbocycles. The minimum atomic E-state index is -2.21. The number of hydrogen-bond acceptors (Lipinski definition) is 8. The second kappa shape index (κ2) is 22.7. The number of aromatic hydroxyl groups is 2. The van der Waals surface area contributed by atoms with Gasteiger partial charge in [-0.3, -0.25) is 0 Å². The lowest BCUT2D eigenvalue weighted by Crippen LogP contribution is -2.16. The van der Waals surface area contributed by atoms with E-state index in [1.165, 1.54) is 0 Å². The molecule has 0 aliphatic heterocycles. The number of phenols is 2. The van der Waals surface area contributed by atoms with Crippen LogP contribution in [0.3, 0.4) is 0 Å². The number of benzene rings is 12. The predicted octanol–water partition coefficient (Wildman–Crippen LogP) is 24.5. The van der Waals surface area contributed by atoms with Gasteiger partial charge in [-0.2, -0.15) is 0 Å². The van der Waals surface area contributed by atoms with E-state index in [0.29, 0.717) is 33.8 Å². The third-order valence-electron chi connectivity index (χ3n) is 19.1. The number of fused-ring (bicyclic) bond motifs is 22. The van der Waals surface area contributed by atoms with E-state index >= 15 is 0 Å². The van der Waals surface area contributed by atoms with E-state index in [1.54, 1.807) is 0 Å². The molecule has 0 saturated carbocycles. The molecule has 0 spiro atoms. The van der Waals surface area contributed by atoms with Crippen LogP contribution in [-0.4, -0.2) is 10.2 Å². The first-order valence-corrected chi connectivity index (χ1v) is 34.9. The Bertz CT molecular complexity index is 4890. The molecule has 8 nitrogen and oxygen atoms in total. The third kappa shape index (κ3) is 11.1. The van der Waals surface area contributed by atoms with Gasteiger partial charge in [0.1, 0.15) is 45.3 Å². The van der Waals surface area contributed by atoms with Crippen LogP contribution in [0.25, 0.3) is 87.0 Å². The fraction of sp³-hybridized carbons (Fsp3) is 0.238. The van der Waals surface area contributed by atoms with Crippen LogP contribution in [-0.2, 0) is 47.3 Å². The Morgan fingerprint density at radius 3 is 0.723 bits per heavy atom. The summed E-state index contributed by atoms with van der Waals surface area (Å²) in [6.45, 7) is 26.7. The second-order valence-electron chi connectivity index (χ2n) is 29.9. The Morgan fingerprint density at radius 2 is 0.500 bits per heavy atom. The lowest BCUT2D eigenvalue weighted by molar-refractivity contribution is 0.459. The van der Waals surface area contributed by atoms with Gasteiger partial charge in [0.25, 0.3) is 0 Å². The molecule has 94 heavy (non-hydrogen) atoms. The van der Waals surface area contributed by atoms with Gasteiger partial charge in [0.2, 0.25) is 0 Å². The van der Waals surface area contributed by atoms with E-state index in [9.17, 15) is 10.2 Å². The molecule has 2 N–H and O–H groups in total. The fourth-order valence-electron chi connectivity index (χ4n) is 13.8. The second-order valence-corrected chi connectivity index (χ2v) is 31.9. The maximum atomic E-state index is 13.4. The molecule has 1 aliphatic carbocycles. The van der Waals surface area contributed by atoms with Crippen molar-refractivity contribution in [3.8, 4) is 23.0 Å². The van der Waals surface area contributed by atoms with Crippen molar-refractivity contribution in [1.29, 1.82) is 0 Å². The molecule has 0 unspecified atom stereocenters. The summed E-state index contributed by atoms with van der Waals surface area (Å²) in [5.74, 6) is 1.52. The SMILES string of the molecule is CC(C)(C)c1cc2c(O)c(c1)Cc1cc(C(C)(C)C)cc(c1Op1oc3ccc4ccccc4c3c3c(ccc4ccccc43)o1)Cc1cc(C(C)(C)C)cc(c1O)Cc1cc(C(C)(C)C)cc(c1Op1oc3ccc4ccccc4c3c3c(ccc4ccccc43)o1)C2. The van der Waals surface area contributed by atoms with E-state index in [1.807, 2.05) is 24.3 Å². The highest BCUT2D eigenvalue weighted by Crippen LogP contribution is 2.50. The van der Waals surface area contributed by atoms with Crippen LogP contribution in [0.15, 0.2) is 211 Å². The molecule has 15 rings (SSSR count). The summed E-state index contributed by atoms with van der Waals surface area (Å²) in [4.78, 5) is 0. The highest BCUT2D eigenvalue weighted by Gasteiger charge is 2.31. The fourth-order valence-corrected chi connectivity index (χ4v) is 16.0. The monoisotopic (exact) mass is 1280 g/mol. The van der Waals surface area contributed by atoms with Gasteiger partial charge in [0.15, 0.2) is 0 Å². The Morgan fingerprint density at radius 1 is 0.287 bits per heavy atom. The summed E-state index contributed by atoms with van der Waals surface area (Å²) in [6.07, 6.45) is 1.13. The molecule has 472 valence electrons. The van der Waals surface area contributed by atoms with Gasteiger partial charge in [0.05, 0.1) is 0 Å². The Hall–Kier alpha value is -9.32. The molecule has 10 heteroatoms. The Kier molecular flexibility index (Phi) is 14.7. The van der Waals surface area contributed by atoms with Gasteiger partial charge in [-0.25, -0.2) is 0 Å². The van der Waals surface area contributed by atoms with Crippen LogP contribution in [0.5, 0.6) is 23.0 Å². The summed E-state index contributed by atoms with van der Waals surface area (Å²) < 4.78 is 43.8. The zero-order valence-electron chi connectivity index (χ0n) is 55.5. The highest BCUT2D eigenvalue weighted by molar-refractivity contribution is 7.32. The van der Waals surface area contributed by atoms with Crippen molar-refractivity contribution in [2.24, 2.45) is 0 Å². The summed E-state index contributed by atoms with van der Waals surface area (Å²) in [5, 5.41) is 39.1. The van der Waals surface area contributed by atoms with Crippen molar-refractivity contribution in [2.75, 3.05) is 0 Å². The summed E-state index contributed by atoms with van der Waals surface area (Å²) >= 11 is 0. The van der Waals surface area contributed by atoms with Crippen molar-refractivity contribution in [1.82, 2.24) is 0 Å². The average Bonchev–Trinajstić information content (AvgIpc) is 1.42. The number of hydrogen-bond donors (Lipinski definition) is 2. The van der Waals surface area contributed by atoms with Gasteiger partial charge >= 0.3 is 16.5 Å². The lowest BCUT2D eigenvalue weighted by Gasteiger charge is -2.27. The number of phenolic OH excluding ortho intramolecular Hbond substituents is 2. The van der Waals surface area contributed by atoms with Gasteiger partial charge in [0, 0.05) is 69.5 Å². The molecule has 0 amide bonds. The van der Waals surface area contributed by atoms with E-state index in [0.717, 1.165) is 131 Å². The van der Waals surface area contributed by atoms with Crippen LogP contribution >= 0.6 is 16.5 Å². The standard InChI is InChI=1S/C84H78O8P2/c1-81(2,3)61-41-53-37-57-45-63(83(7,8)9)47-59(79(57)91-93-87-69-33-29-49-21-13-17-25-65(49)73(69)74-66-26-18-14-22-50(66)30-34-70(74)88-93)39-55-43-62(82(4,5)6)44-56(78(55)86)40-60-48-64(84(10,11)12)46-58(38-54(42-61)77(53)85)80(60)92-94-89-71-35-31-51-23-15-19-27-67(51)75(71)76-68-28-20-16-24-52(68)32-36-72(76)90-94/h13-36,41-48,85-86H,37-40H2,1-12H3. The summed E-state index contributed by atoms with van der Waals surface area (Å²) in [7, 11) is -4.43. The molecule has 1 aliphatic rings. The normalized spacial score (nSPS) is 13.2. The molecule has 0 saturated heterocycles. The van der Waals surface area contributed by atoms with Crippen molar-refractivity contribution in [2.45, 2.75) is 130 Å². The quantitative estimate of drug-likeness (QED) is 0.179. The van der Waals surface area contributed by atoms with Crippen molar-refractivity contribution in [3.63, 3.8) is 0 Å². The zero-order valence-corrected chi connectivity index (χ0v) is 57.3. The lowest BCUT2D eigenvalue weighted by atomic mass is 9.79. The zero-order chi connectivity index (χ0) is 65.3. The minimum Gasteiger partial charge on any atom is -0.507 e. The van der Waals surface area contributed by atoms with Crippen LogP contribution in [0, 0.1) is 0 Å². The number of rotatable bonds is 4. The highest BCUT2D eigenvalue weighted by atomic mass is 31.1. The molecule has 2 heterocycles. The van der Waals surface area contributed by atoms with Crippen LogP contribution in [0.1, 0.15) is 150 Å². The largest absolute Gasteiger partial charge is 0.507 e. The van der Waals surface area contributed by atoms with Crippen LogP contribution in [0.2, 0.25) is 0 Å². The Labute approximate surface area is 550 Å². The smallest absolute Gasteiger partial charge is 0.453 e. The van der Waals surface area contributed by atoms with Crippen molar-refractivity contribution in [3.05, 3.63) is 261 Å². The first kappa shape index (κ1) is 60.9. The van der Waals surface area contributed by atoms with Gasteiger partial charge in [-0.1, -0.05) is 253 Å². The molecular formula is C84H78O8P2. The van der Waals surface area contributed by atoms with Crippen molar-refractivity contribution < 1.29 is 36.0 Å². The van der Waals surface area contributed by atoms with Gasteiger partial charge in [-0.15, -0.1) is 0 Å². The van der Waals surface area contributed by atoms with Crippen molar-refractivity contribution >= 4 is 103 Å². The first-order valence-electron chi connectivity index (χ1n) is 32.7. The maximum absolute atomic E-state index is 13.4. The Balaban J connectivity index is 0.995. The third-order valence-corrected chi connectivity index (χ3v) is 21.1. The minimum absolute atomic E-state index is 0.184. The average molecular weight is 1280 g/mol. The van der Waals surface area contributed by atoms with E-state index in [4.69, 9.17) is 25.8 Å². The van der Waals surface area contributed by atoms with E-state index < -0.39 is 16.5 Å². The maximum Gasteiger partial charge on any atom is 0.453 e. The topological polar surface area (TPSA) is 111 Å². The summed E-state index contributed by atoms with van der Waals surface area (Å²) in [6, 6.07) is 67.8. The van der Waals surface area contributed by atoms with E-state index in [2.05, 4.69) is 253 Å². The predicted molar refractivity (Wildman–Crippen MR) is 390 cm³/mol. The first-order chi connectivity index (χ1) is 44.9. The molecule has 0 atom stereocenters. The molecule has 8 bridgehead atoms. The summed E-state index contributed by atoms with van der Waals surface area (Å²) in [5.41, 5.74) is 11.9. The molecule has 2 aromatic heterocycles. The van der Waals surface area contributed by atoms with E-state index in [-0.39, 0.29) is 58.8 Å². The van der Waals surface area contributed by atoms with Gasteiger partial charge < -0.3 is 36.0 Å². The van der Waals surface area contributed by atoms with Crippen LogP contribution in [0.4, 0.5) is 0 Å². The molecule has 0 radical (unpaired) electrons. The van der Waals surface area contributed by atoms with Gasteiger partial charge in [-0.05, 0) is 134 Å².